The topological polar surface area (TPSA) is 67.8 Å². The minimum atomic E-state index is -1.18. The van der Waals surface area contributed by atoms with Gasteiger partial charge in [-0.2, -0.15) is 0 Å². The normalized spacial score (nSPS) is 19.6. The lowest BCUT2D eigenvalue weighted by molar-refractivity contribution is 0.00578. The Balaban J connectivity index is 2.47. The Kier molecular flexibility index (Phi) is 5.18. The van der Waals surface area contributed by atoms with Crippen LogP contribution in [0.15, 0.2) is 23.7 Å². The summed E-state index contributed by atoms with van der Waals surface area (Å²) < 4.78 is 26.2. The fourth-order valence-electron chi connectivity index (χ4n) is 2.46. The minimum absolute atomic E-state index is 0.0185. The maximum absolute atomic E-state index is 14.2. The van der Waals surface area contributed by atoms with E-state index in [9.17, 15) is 14.3 Å². The highest BCUT2D eigenvalue weighted by Crippen LogP contribution is 2.38. The van der Waals surface area contributed by atoms with E-state index < -0.39 is 30.1 Å². The summed E-state index contributed by atoms with van der Waals surface area (Å²) in [7, 11) is 1.07. The highest BCUT2D eigenvalue weighted by molar-refractivity contribution is 6.56. The third kappa shape index (κ3) is 3.53. The van der Waals surface area contributed by atoms with E-state index in [2.05, 4.69) is 5.32 Å². The van der Waals surface area contributed by atoms with Crippen LogP contribution in [0.2, 0.25) is 0 Å². The molecular formula is C17H23BFNO4. The molecule has 0 unspecified atom stereocenters. The van der Waals surface area contributed by atoms with Crippen LogP contribution in [-0.4, -0.2) is 43.0 Å². The first-order valence-electron chi connectivity index (χ1n) is 7.81. The van der Waals surface area contributed by atoms with Crippen LogP contribution in [-0.2, 0) is 9.31 Å². The molecule has 1 aromatic carbocycles. The van der Waals surface area contributed by atoms with E-state index in [4.69, 9.17) is 9.31 Å². The maximum Gasteiger partial charge on any atom is 0.491 e. The van der Waals surface area contributed by atoms with Crippen molar-refractivity contribution in [3.05, 3.63) is 40.6 Å². The largest absolute Gasteiger partial charge is 0.491 e. The van der Waals surface area contributed by atoms with Crippen LogP contribution >= 0.6 is 0 Å². The summed E-state index contributed by atoms with van der Waals surface area (Å²) in [6, 6.07) is 3.99. The summed E-state index contributed by atoms with van der Waals surface area (Å²) in [6.45, 7) is 8.08. The second-order valence-electron chi connectivity index (χ2n) is 6.84. The second kappa shape index (κ2) is 6.66. The van der Waals surface area contributed by atoms with Crippen molar-refractivity contribution in [1.82, 2.24) is 5.32 Å². The van der Waals surface area contributed by atoms with Gasteiger partial charge in [0.15, 0.2) is 0 Å². The summed E-state index contributed by atoms with van der Waals surface area (Å²) in [4.78, 5) is 11.4. The van der Waals surface area contributed by atoms with Crippen LogP contribution in [0, 0.1) is 5.82 Å². The van der Waals surface area contributed by atoms with Gasteiger partial charge in [0.1, 0.15) is 5.82 Å². The fraction of sp³-hybridized carbons (Fsp3) is 0.471. The molecule has 2 rings (SSSR count). The molecule has 0 saturated carbocycles. The summed E-state index contributed by atoms with van der Waals surface area (Å²) >= 11 is 0. The van der Waals surface area contributed by atoms with Gasteiger partial charge in [0.25, 0.3) is 0 Å². The summed E-state index contributed by atoms with van der Waals surface area (Å²) in [5, 5.41) is 12.3. The fourth-order valence-corrected chi connectivity index (χ4v) is 2.46. The first-order chi connectivity index (χ1) is 11.1. The van der Waals surface area contributed by atoms with Gasteiger partial charge in [-0.05, 0) is 52.3 Å². The molecule has 1 aliphatic heterocycles. The Morgan fingerprint density at radius 3 is 2.38 bits per heavy atom. The van der Waals surface area contributed by atoms with E-state index in [1.165, 1.54) is 24.3 Å². The number of aromatic carboxylic acids is 1. The zero-order valence-electron chi connectivity index (χ0n) is 14.6. The molecule has 0 aromatic heterocycles. The third-order valence-corrected chi connectivity index (χ3v) is 4.55. The monoisotopic (exact) mass is 335 g/mol. The Morgan fingerprint density at radius 2 is 1.88 bits per heavy atom. The standard InChI is InChI=1S/C17H23BFNO4/c1-16(2)17(3,4)24-18(23-16)11(10-20-5)9-13-12(15(21)22)7-6-8-14(13)19/h6-9,20H,10H2,1-5H3,(H,21,22). The molecule has 130 valence electrons. The Labute approximate surface area is 142 Å². The molecule has 1 heterocycles. The molecule has 2 N–H and O–H groups in total. The van der Waals surface area contributed by atoms with Crippen LogP contribution < -0.4 is 5.32 Å². The maximum atomic E-state index is 14.2. The van der Waals surface area contributed by atoms with Gasteiger partial charge < -0.3 is 19.7 Å². The van der Waals surface area contributed by atoms with Gasteiger partial charge in [0, 0.05) is 12.1 Å². The number of nitrogens with one attached hydrogen (secondary N) is 1. The Morgan fingerprint density at radius 1 is 1.29 bits per heavy atom. The number of halogens is 1. The number of carbonyl (C=O) groups is 1. The summed E-state index contributed by atoms with van der Waals surface area (Å²) in [5.74, 6) is -1.78. The van der Waals surface area contributed by atoms with Crippen LogP contribution in [0.25, 0.3) is 6.08 Å². The molecule has 1 aromatic rings. The van der Waals surface area contributed by atoms with Crippen molar-refractivity contribution in [2.45, 2.75) is 38.9 Å². The number of likely N-dealkylation sites (N-methyl/N-ethyl adjacent to an activating group) is 1. The predicted molar refractivity (Wildman–Crippen MR) is 91.3 cm³/mol. The lowest BCUT2D eigenvalue weighted by atomic mass is 9.76. The quantitative estimate of drug-likeness (QED) is 0.810. The van der Waals surface area contributed by atoms with Gasteiger partial charge in [-0.3, -0.25) is 0 Å². The van der Waals surface area contributed by atoms with Crippen LogP contribution in [0.5, 0.6) is 0 Å². The first-order valence-corrected chi connectivity index (χ1v) is 7.81. The van der Waals surface area contributed by atoms with E-state index in [-0.39, 0.29) is 11.1 Å². The summed E-state index contributed by atoms with van der Waals surface area (Å²) in [5.41, 5.74) is -0.515. The van der Waals surface area contributed by atoms with Gasteiger partial charge in [0.05, 0.1) is 16.8 Å². The van der Waals surface area contributed by atoms with Gasteiger partial charge in [0.2, 0.25) is 0 Å². The van der Waals surface area contributed by atoms with Crippen LogP contribution in [0.4, 0.5) is 4.39 Å². The molecular weight excluding hydrogens is 312 g/mol. The van der Waals surface area contributed by atoms with Gasteiger partial charge in [-0.15, -0.1) is 0 Å². The van der Waals surface area contributed by atoms with Crippen molar-refractivity contribution in [1.29, 1.82) is 0 Å². The van der Waals surface area contributed by atoms with E-state index in [1.807, 2.05) is 27.7 Å². The average molecular weight is 335 g/mol. The highest BCUT2D eigenvalue weighted by atomic mass is 19.1. The summed E-state index contributed by atoms with van der Waals surface area (Å²) in [6.07, 6.45) is 1.50. The van der Waals surface area contributed by atoms with Crippen molar-refractivity contribution in [3.8, 4) is 0 Å². The molecule has 24 heavy (non-hydrogen) atoms. The highest BCUT2D eigenvalue weighted by Gasteiger charge is 2.52. The lowest BCUT2D eigenvalue weighted by Gasteiger charge is -2.32. The first kappa shape index (κ1) is 18.6. The van der Waals surface area contributed by atoms with Gasteiger partial charge in [-0.25, -0.2) is 9.18 Å². The zero-order chi connectivity index (χ0) is 18.1. The van der Waals surface area contributed by atoms with Crippen molar-refractivity contribution >= 4 is 19.2 Å². The Hall–Kier alpha value is -1.70. The molecule has 0 amide bonds. The average Bonchev–Trinajstić information content (AvgIpc) is 2.68. The number of carboxylic acids is 1. The molecule has 5 nitrogen and oxygen atoms in total. The molecule has 0 atom stereocenters. The number of hydrogen-bond donors (Lipinski definition) is 2. The number of hydrogen-bond acceptors (Lipinski definition) is 4. The van der Waals surface area contributed by atoms with E-state index in [0.717, 1.165) is 0 Å². The number of carboxylic acid groups (broad SMARTS) is 1. The smallest absolute Gasteiger partial charge is 0.478 e. The molecule has 0 spiro atoms. The minimum Gasteiger partial charge on any atom is -0.478 e. The molecule has 0 aliphatic carbocycles. The molecule has 0 radical (unpaired) electrons. The van der Waals surface area contributed by atoms with E-state index in [0.29, 0.717) is 12.0 Å². The van der Waals surface area contributed by atoms with E-state index in [1.54, 1.807) is 7.05 Å². The predicted octanol–water partition coefficient (Wildman–Crippen LogP) is 2.76. The van der Waals surface area contributed by atoms with Gasteiger partial charge in [-0.1, -0.05) is 12.1 Å². The van der Waals surface area contributed by atoms with Gasteiger partial charge >= 0.3 is 13.1 Å². The second-order valence-corrected chi connectivity index (χ2v) is 6.84. The Bertz CT molecular complexity index is 657. The third-order valence-electron chi connectivity index (χ3n) is 4.55. The van der Waals surface area contributed by atoms with Crippen LogP contribution in [0.3, 0.4) is 0 Å². The van der Waals surface area contributed by atoms with Crippen molar-refractivity contribution in [3.63, 3.8) is 0 Å². The van der Waals surface area contributed by atoms with Crippen molar-refractivity contribution in [2.24, 2.45) is 0 Å². The van der Waals surface area contributed by atoms with Crippen molar-refractivity contribution < 1.29 is 23.6 Å². The molecule has 1 aliphatic rings. The molecule has 1 saturated heterocycles. The van der Waals surface area contributed by atoms with Crippen molar-refractivity contribution in [2.75, 3.05) is 13.6 Å². The number of rotatable bonds is 5. The lowest BCUT2D eigenvalue weighted by Crippen LogP contribution is -2.41. The number of benzene rings is 1. The SMILES string of the molecule is CNCC(=Cc1c(F)cccc1C(=O)O)B1OC(C)(C)C(C)(C)O1. The van der Waals surface area contributed by atoms with Crippen LogP contribution in [0.1, 0.15) is 43.6 Å². The molecule has 0 bridgehead atoms. The molecule has 7 heteroatoms. The zero-order valence-corrected chi connectivity index (χ0v) is 14.6. The van der Waals surface area contributed by atoms with E-state index >= 15 is 0 Å². The molecule has 1 fully saturated rings.